The van der Waals surface area contributed by atoms with Gasteiger partial charge in [-0.25, -0.2) is 0 Å². The lowest BCUT2D eigenvalue weighted by Crippen LogP contribution is -2.48. The number of hydrogen-bond acceptors (Lipinski definition) is 3. The van der Waals surface area contributed by atoms with Crippen molar-refractivity contribution in [3.05, 3.63) is 52.3 Å². The van der Waals surface area contributed by atoms with E-state index in [1.807, 2.05) is 11.8 Å². The number of aromatic nitrogens is 2. The first-order valence-corrected chi connectivity index (χ1v) is 9.06. The Labute approximate surface area is 160 Å². The maximum atomic E-state index is 12.8. The van der Waals surface area contributed by atoms with Crippen molar-refractivity contribution in [1.82, 2.24) is 19.6 Å². The number of halogens is 4. The van der Waals surface area contributed by atoms with Crippen molar-refractivity contribution < 1.29 is 18.0 Å². The monoisotopic (exact) mass is 400 g/mol. The molecule has 9 heteroatoms. The van der Waals surface area contributed by atoms with E-state index < -0.39 is 11.7 Å². The van der Waals surface area contributed by atoms with Crippen LogP contribution in [0.1, 0.15) is 28.5 Å². The maximum absolute atomic E-state index is 12.8. The Morgan fingerprint density at radius 2 is 1.93 bits per heavy atom. The van der Waals surface area contributed by atoms with Crippen LogP contribution >= 0.6 is 11.6 Å². The van der Waals surface area contributed by atoms with E-state index in [0.29, 0.717) is 49.9 Å². The molecular weight excluding hydrogens is 381 g/mol. The van der Waals surface area contributed by atoms with E-state index in [2.05, 4.69) is 5.10 Å². The standard InChI is InChI=1S/C18H20ClF3N4O/c1-2-26-12-15(19)16(23-26)17(27)25-8-6-24(7-9-25)11-13-4-3-5-14(10-13)18(20,21)22/h3-5,10,12H,2,6-9,11H2,1H3. The van der Waals surface area contributed by atoms with Crippen LogP contribution in [0.2, 0.25) is 5.02 Å². The summed E-state index contributed by atoms with van der Waals surface area (Å²) in [6, 6.07) is 5.35. The van der Waals surface area contributed by atoms with Crippen LogP contribution in [0.4, 0.5) is 13.2 Å². The molecule has 0 radical (unpaired) electrons. The molecule has 0 N–H and O–H groups in total. The molecule has 5 nitrogen and oxygen atoms in total. The van der Waals surface area contributed by atoms with E-state index in [0.717, 1.165) is 6.07 Å². The number of benzene rings is 1. The predicted molar refractivity (Wildman–Crippen MR) is 95.5 cm³/mol. The number of carbonyl (C=O) groups is 1. The molecule has 0 bridgehead atoms. The van der Waals surface area contributed by atoms with E-state index in [1.165, 1.54) is 12.1 Å². The van der Waals surface area contributed by atoms with Crippen LogP contribution in [0.5, 0.6) is 0 Å². The third-order valence-electron chi connectivity index (χ3n) is 4.56. The summed E-state index contributed by atoms with van der Waals surface area (Å²) in [6.07, 6.45) is -2.72. The average molecular weight is 401 g/mol. The summed E-state index contributed by atoms with van der Waals surface area (Å²) in [5, 5.41) is 4.52. The zero-order chi connectivity index (χ0) is 19.6. The van der Waals surface area contributed by atoms with E-state index in [9.17, 15) is 18.0 Å². The first-order chi connectivity index (χ1) is 12.8. The Morgan fingerprint density at radius 3 is 2.52 bits per heavy atom. The fourth-order valence-electron chi connectivity index (χ4n) is 3.07. The van der Waals surface area contributed by atoms with Crippen molar-refractivity contribution in [2.24, 2.45) is 0 Å². The fourth-order valence-corrected chi connectivity index (χ4v) is 3.30. The SMILES string of the molecule is CCn1cc(Cl)c(C(=O)N2CCN(Cc3cccc(C(F)(F)F)c3)CC2)n1. The summed E-state index contributed by atoms with van der Waals surface area (Å²) in [5.74, 6) is -0.217. The summed E-state index contributed by atoms with van der Waals surface area (Å²) in [5.41, 5.74) is 0.203. The molecule has 0 aliphatic carbocycles. The number of amides is 1. The van der Waals surface area contributed by atoms with Crippen molar-refractivity contribution in [3.63, 3.8) is 0 Å². The lowest BCUT2D eigenvalue weighted by molar-refractivity contribution is -0.137. The van der Waals surface area contributed by atoms with E-state index in [1.54, 1.807) is 21.8 Å². The fraction of sp³-hybridized carbons (Fsp3) is 0.444. The van der Waals surface area contributed by atoms with E-state index >= 15 is 0 Å². The minimum absolute atomic E-state index is 0.217. The number of hydrogen-bond donors (Lipinski definition) is 0. The summed E-state index contributed by atoms with van der Waals surface area (Å²) >= 11 is 6.09. The third kappa shape index (κ3) is 4.62. The number of alkyl halides is 3. The molecule has 1 aliphatic heterocycles. The third-order valence-corrected chi connectivity index (χ3v) is 4.84. The van der Waals surface area contributed by atoms with E-state index in [-0.39, 0.29) is 11.6 Å². The second-order valence-electron chi connectivity index (χ2n) is 6.45. The molecule has 0 saturated carbocycles. The Morgan fingerprint density at radius 1 is 1.22 bits per heavy atom. The van der Waals surface area contributed by atoms with Crippen LogP contribution in [-0.2, 0) is 19.3 Å². The molecule has 0 unspecified atom stereocenters. The van der Waals surface area contributed by atoms with Gasteiger partial charge in [0.15, 0.2) is 5.69 Å². The first kappa shape index (κ1) is 19.7. The van der Waals surface area contributed by atoms with Crippen molar-refractivity contribution in [2.75, 3.05) is 26.2 Å². The quantitative estimate of drug-likeness (QED) is 0.788. The van der Waals surface area contributed by atoms with E-state index in [4.69, 9.17) is 11.6 Å². The Balaban J connectivity index is 1.59. The Kier molecular flexibility index (Phi) is 5.76. The number of nitrogens with zero attached hydrogens (tertiary/aromatic N) is 4. The normalized spacial score (nSPS) is 16.0. The highest BCUT2D eigenvalue weighted by Crippen LogP contribution is 2.29. The zero-order valence-corrected chi connectivity index (χ0v) is 15.6. The topological polar surface area (TPSA) is 41.4 Å². The highest BCUT2D eigenvalue weighted by molar-refractivity contribution is 6.33. The Hall–Kier alpha value is -2.06. The van der Waals surface area contributed by atoms with Gasteiger partial charge in [-0.3, -0.25) is 14.4 Å². The molecule has 1 aliphatic rings. The molecule has 0 atom stereocenters. The average Bonchev–Trinajstić information content (AvgIpc) is 3.02. The minimum Gasteiger partial charge on any atom is -0.335 e. The zero-order valence-electron chi connectivity index (χ0n) is 14.8. The number of rotatable bonds is 4. The van der Waals surface area contributed by atoms with Crippen LogP contribution in [0.15, 0.2) is 30.5 Å². The lowest BCUT2D eigenvalue weighted by atomic mass is 10.1. The van der Waals surface area contributed by atoms with Gasteiger partial charge in [0.1, 0.15) is 0 Å². The summed E-state index contributed by atoms with van der Waals surface area (Å²) in [6.45, 7) is 5.06. The molecule has 1 saturated heterocycles. The molecule has 1 amide bonds. The minimum atomic E-state index is -4.34. The van der Waals surface area contributed by atoms with Gasteiger partial charge < -0.3 is 4.90 Å². The molecule has 0 spiro atoms. The lowest BCUT2D eigenvalue weighted by Gasteiger charge is -2.34. The number of aryl methyl sites for hydroxylation is 1. The van der Waals surface area contributed by atoms with Gasteiger partial charge in [-0.1, -0.05) is 29.8 Å². The van der Waals surface area contributed by atoms with Crippen LogP contribution in [0.3, 0.4) is 0 Å². The van der Waals surface area contributed by atoms with Crippen molar-refractivity contribution in [1.29, 1.82) is 0 Å². The van der Waals surface area contributed by atoms with Crippen LogP contribution in [0.25, 0.3) is 0 Å². The number of carbonyl (C=O) groups excluding carboxylic acids is 1. The van der Waals surface area contributed by atoms with Crippen LogP contribution in [0, 0.1) is 0 Å². The predicted octanol–water partition coefficient (Wildman–Crippen LogP) is 3.53. The molecule has 146 valence electrons. The first-order valence-electron chi connectivity index (χ1n) is 8.68. The van der Waals surface area contributed by atoms with Gasteiger partial charge in [0.25, 0.3) is 5.91 Å². The molecule has 1 aromatic carbocycles. The van der Waals surface area contributed by atoms with Gasteiger partial charge in [0.2, 0.25) is 0 Å². The van der Waals surface area contributed by atoms with Gasteiger partial charge in [0, 0.05) is 45.5 Å². The second kappa shape index (κ2) is 7.90. The second-order valence-corrected chi connectivity index (χ2v) is 6.86. The van der Waals surface area contributed by atoms with Gasteiger partial charge in [-0.2, -0.15) is 18.3 Å². The molecule has 1 aromatic heterocycles. The van der Waals surface area contributed by atoms with Crippen molar-refractivity contribution in [3.8, 4) is 0 Å². The summed E-state index contributed by atoms with van der Waals surface area (Å²) in [7, 11) is 0. The summed E-state index contributed by atoms with van der Waals surface area (Å²) < 4.78 is 40.1. The molecule has 27 heavy (non-hydrogen) atoms. The van der Waals surface area contributed by atoms with Crippen LogP contribution in [-0.4, -0.2) is 51.7 Å². The highest BCUT2D eigenvalue weighted by Gasteiger charge is 2.31. The van der Waals surface area contributed by atoms with Crippen molar-refractivity contribution in [2.45, 2.75) is 26.2 Å². The highest BCUT2D eigenvalue weighted by atomic mass is 35.5. The van der Waals surface area contributed by atoms with Gasteiger partial charge >= 0.3 is 6.18 Å². The Bertz CT molecular complexity index is 813. The van der Waals surface area contributed by atoms with Gasteiger partial charge in [0.05, 0.1) is 10.6 Å². The molecule has 2 aromatic rings. The van der Waals surface area contributed by atoms with Gasteiger partial charge in [-0.05, 0) is 18.6 Å². The number of piperazine rings is 1. The van der Waals surface area contributed by atoms with Crippen molar-refractivity contribution >= 4 is 17.5 Å². The largest absolute Gasteiger partial charge is 0.416 e. The van der Waals surface area contributed by atoms with Gasteiger partial charge in [-0.15, -0.1) is 0 Å². The molecule has 1 fully saturated rings. The summed E-state index contributed by atoms with van der Waals surface area (Å²) in [4.78, 5) is 16.3. The molecular formula is C18H20ClF3N4O. The molecule has 3 rings (SSSR count). The smallest absolute Gasteiger partial charge is 0.335 e. The van der Waals surface area contributed by atoms with Crippen LogP contribution < -0.4 is 0 Å². The molecule has 2 heterocycles. The maximum Gasteiger partial charge on any atom is 0.416 e.